The number of halogens is 2. The fraction of sp³-hybridized carbons (Fsp3) is 0.211. The van der Waals surface area contributed by atoms with Crippen molar-refractivity contribution in [2.24, 2.45) is 10.2 Å². The van der Waals surface area contributed by atoms with Gasteiger partial charge in [0.15, 0.2) is 5.17 Å². The van der Waals surface area contributed by atoms with Gasteiger partial charge in [-0.05, 0) is 42.8 Å². The molecule has 1 aliphatic rings. The molecule has 1 saturated heterocycles. The summed E-state index contributed by atoms with van der Waals surface area (Å²) >= 11 is 4.76. The minimum atomic E-state index is -0.310. The van der Waals surface area contributed by atoms with E-state index in [2.05, 4.69) is 26.1 Å². The Kier molecular flexibility index (Phi) is 6.28. The van der Waals surface area contributed by atoms with Gasteiger partial charge in [0.25, 0.3) is 0 Å². The van der Waals surface area contributed by atoms with E-state index in [0.29, 0.717) is 17.5 Å². The van der Waals surface area contributed by atoms with Gasteiger partial charge in [0.2, 0.25) is 5.91 Å². The van der Waals surface area contributed by atoms with Crippen molar-refractivity contribution in [3.63, 3.8) is 0 Å². The van der Waals surface area contributed by atoms with Crippen molar-refractivity contribution in [3.8, 4) is 5.75 Å². The summed E-state index contributed by atoms with van der Waals surface area (Å²) in [6, 6.07) is 11.6. The lowest BCUT2D eigenvalue weighted by Gasteiger charge is -2.15. The fourth-order valence-electron chi connectivity index (χ4n) is 2.53. The third-order valence-corrected chi connectivity index (χ3v) is 5.47. The van der Waals surface area contributed by atoms with Crippen LogP contribution < -0.4 is 4.74 Å². The number of hydrogen-bond donors (Lipinski definition) is 0. The zero-order valence-corrected chi connectivity index (χ0v) is 17.1. The van der Waals surface area contributed by atoms with Crippen LogP contribution in [0.1, 0.15) is 18.1 Å². The normalized spacial score (nSPS) is 18.7. The van der Waals surface area contributed by atoms with E-state index in [1.165, 1.54) is 23.9 Å². The molecule has 0 unspecified atom stereocenters. The monoisotopic (exact) mass is 449 g/mol. The number of amides is 1. The summed E-state index contributed by atoms with van der Waals surface area (Å²) in [7, 11) is 1.59. The van der Waals surface area contributed by atoms with Crippen molar-refractivity contribution >= 4 is 45.0 Å². The van der Waals surface area contributed by atoms with Gasteiger partial charge in [-0.15, -0.1) is 5.10 Å². The summed E-state index contributed by atoms with van der Waals surface area (Å²) in [6.45, 7) is 2.15. The molecule has 0 spiro atoms. The second-order valence-electron chi connectivity index (χ2n) is 5.82. The molecule has 2 aromatic carbocycles. The molecule has 140 valence electrons. The van der Waals surface area contributed by atoms with Gasteiger partial charge in [-0.2, -0.15) is 5.10 Å². The van der Waals surface area contributed by atoms with Crippen molar-refractivity contribution in [2.75, 3.05) is 7.11 Å². The van der Waals surface area contributed by atoms with Crippen LogP contribution in [-0.2, 0) is 11.3 Å². The number of carbonyl (C=O) groups is 1. The van der Waals surface area contributed by atoms with Crippen LogP contribution in [0.15, 0.2) is 57.1 Å². The van der Waals surface area contributed by atoms with Crippen LogP contribution in [0.25, 0.3) is 0 Å². The number of benzene rings is 2. The lowest BCUT2D eigenvalue weighted by atomic mass is 10.2. The van der Waals surface area contributed by atoms with Gasteiger partial charge < -0.3 is 4.74 Å². The van der Waals surface area contributed by atoms with E-state index >= 15 is 0 Å². The van der Waals surface area contributed by atoms with Crippen molar-refractivity contribution in [2.45, 2.75) is 18.7 Å². The van der Waals surface area contributed by atoms with Gasteiger partial charge in [-0.3, -0.25) is 9.69 Å². The van der Waals surface area contributed by atoms with Gasteiger partial charge in [-0.1, -0.05) is 39.8 Å². The van der Waals surface area contributed by atoms with Gasteiger partial charge in [0.05, 0.1) is 25.1 Å². The Bertz CT molecular complexity index is 902. The predicted octanol–water partition coefficient (Wildman–Crippen LogP) is 4.45. The number of rotatable bonds is 5. The Morgan fingerprint density at radius 3 is 2.74 bits per heavy atom. The second-order valence-corrected chi connectivity index (χ2v) is 8.05. The molecule has 0 N–H and O–H groups in total. The first-order valence-corrected chi connectivity index (χ1v) is 9.82. The zero-order valence-electron chi connectivity index (χ0n) is 14.7. The van der Waals surface area contributed by atoms with Gasteiger partial charge in [0.1, 0.15) is 11.6 Å². The number of carbonyl (C=O) groups excluding carboxylic acids is 1. The topological polar surface area (TPSA) is 54.3 Å². The molecule has 1 heterocycles. The third kappa shape index (κ3) is 4.75. The lowest BCUT2D eigenvalue weighted by molar-refractivity contribution is -0.126. The van der Waals surface area contributed by atoms with Crippen LogP contribution in [-0.4, -0.2) is 34.5 Å². The van der Waals surface area contributed by atoms with Gasteiger partial charge in [-0.25, -0.2) is 4.39 Å². The van der Waals surface area contributed by atoms with Crippen molar-refractivity contribution in [1.82, 2.24) is 4.90 Å². The molecule has 1 amide bonds. The summed E-state index contributed by atoms with van der Waals surface area (Å²) in [6.07, 6.45) is 1.58. The van der Waals surface area contributed by atoms with E-state index in [0.717, 1.165) is 15.6 Å². The smallest absolute Gasteiger partial charge is 0.242 e. The SMILES string of the molecule is COc1ccc(Br)cc1/C=N\N=C1\S[C@H](C)C(=O)N1Cc1ccc(F)cc1. The summed E-state index contributed by atoms with van der Waals surface area (Å²) < 4.78 is 19.3. The summed E-state index contributed by atoms with van der Waals surface area (Å²) in [5, 5.41) is 8.64. The predicted molar refractivity (Wildman–Crippen MR) is 110 cm³/mol. The van der Waals surface area contributed by atoms with Crippen molar-refractivity contribution in [1.29, 1.82) is 0 Å². The highest BCUT2D eigenvalue weighted by atomic mass is 79.9. The van der Waals surface area contributed by atoms with Crippen molar-refractivity contribution in [3.05, 3.63) is 63.9 Å². The number of thioether (sulfide) groups is 1. The minimum absolute atomic E-state index is 0.0432. The summed E-state index contributed by atoms with van der Waals surface area (Å²) in [4.78, 5) is 14.0. The van der Waals surface area contributed by atoms with E-state index in [1.807, 2.05) is 25.1 Å². The highest BCUT2D eigenvalue weighted by molar-refractivity contribution is 9.10. The Labute approximate surface area is 169 Å². The first-order chi connectivity index (χ1) is 13.0. The molecule has 0 radical (unpaired) electrons. The lowest BCUT2D eigenvalue weighted by Crippen LogP contribution is -2.30. The van der Waals surface area contributed by atoms with Crippen LogP contribution in [0.4, 0.5) is 4.39 Å². The standard InChI is InChI=1S/C19H17BrFN3O2S/c1-12-18(25)24(11-13-3-6-16(21)7-4-13)19(27-12)23-22-10-14-9-15(20)5-8-17(14)26-2/h3-10,12H,11H2,1-2H3/b22-10-,23-19+/t12-/m1/s1. The largest absolute Gasteiger partial charge is 0.496 e. The maximum absolute atomic E-state index is 13.1. The molecule has 2 aromatic rings. The number of ether oxygens (including phenoxy) is 1. The first-order valence-electron chi connectivity index (χ1n) is 8.15. The molecule has 0 saturated carbocycles. The maximum atomic E-state index is 13.1. The Hall–Kier alpha value is -2.19. The molecule has 0 aliphatic carbocycles. The highest BCUT2D eigenvalue weighted by Gasteiger charge is 2.35. The van der Waals surface area contributed by atoms with E-state index < -0.39 is 0 Å². The first kappa shape index (κ1) is 19.6. The molecule has 5 nitrogen and oxygen atoms in total. The molecule has 3 rings (SSSR count). The van der Waals surface area contributed by atoms with Crippen LogP contribution in [0, 0.1) is 5.82 Å². The van der Waals surface area contributed by atoms with Crippen LogP contribution in [0.2, 0.25) is 0 Å². The maximum Gasteiger partial charge on any atom is 0.242 e. The second kappa shape index (κ2) is 8.67. The highest BCUT2D eigenvalue weighted by Crippen LogP contribution is 2.28. The number of nitrogens with zero attached hydrogens (tertiary/aromatic N) is 3. The Balaban J connectivity index is 1.81. The third-order valence-electron chi connectivity index (χ3n) is 3.91. The fourth-order valence-corrected chi connectivity index (χ4v) is 3.83. The summed E-state index contributed by atoms with van der Waals surface area (Å²) in [5.41, 5.74) is 1.59. The molecule has 1 aliphatic heterocycles. The van der Waals surface area contributed by atoms with Crippen molar-refractivity contribution < 1.29 is 13.9 Å². The molecule has 0 bridgehead atoms. The van der Waals surface area contributed by atoms with E-state index in [4.69, 9.17) is 4.74 Å². The molecule has 1 atom stereocenters. The van der Waals surface area contributed by atoms with Crippen LogP contribution in [0.5, 0.6) is 5.75 Å². The molecule has 0 aromatic heterocycles. The van der Waals surface area contributed by atoms with Gasteiger partial charge in [0, 0.05) is 10.0 Å². The van der Waals surface area contributed by atoms with Crippen LogP contribution in [0.3, 0.4) is 0 Å². The minimum Gasteiger partial charge on any atom is -0.496 e. The molecule has 1 fully saturated rings. The van der Waals surface area contributed by atoms with Gasteiger partial charge >= 0.3 is 0 Å². The molecule has 27 heavy (non-hydrogen) atoms. The zero-order chi connectivity index (χ0) is 19.4. The average molecular weight is 450 g/mol. The number of methoxy groups -OCH3 is 1. The molecular weight excluding hydrogens is 433 g/mol. The van der Waals surface area contributed by atoms with E-state index in [1.54, 1.807) is 30.4 Å². The average Bonchev–Trinajstić information content (AvgIpc) is 2.91. The number of amidine groups is 1. The number of hydrogen-bond acceptors (Lipinski definition) is 5. The molecular formula is C19H17BrFN3O2S. The van der Waals surface area contributed by atoms with E-state index in [9.17, 15) is 9.18 Å². The van der Waals surface area contributed by atoms with Crippen LogP contribution >= 0.6 is 27.7 Å². The van der Waals surface area contributed by atoms with E-state index in [-0.39, 0.29) is 17.0 Å². The quantitative estimate of drug-likeness (QED) is 0.500. The Morgan fingerprint density at radius 2 is 2.04 bits per heavy atom. The molecule has 8 heteroatoms. The Morgan fingerprint density at radius 1 is 1.30 bits per heavy atom. The summed E-state index contributed by atoms with van der Waals surface area (Å²) in [5.74, 6) is 0.322.